The fourth-order valence-electron chi connectivity index (χ4n) is 2.46. The lowest BCUT2D eigenvalue weighted by Crippen LogP contribution is -2.46. The molecule has 19 heavy (non-hydrogen) atoms. The Hall–Kier alpha value is -1.26. The molecule has 1 heterocycles. The van der Waals surface area contributed by atoms with E-state index in [9.17, 15) is 14.7 Å². The fourth-order valence-corrected chi connectivity index (χ4v) is 2.46. The van der Waals surface area contributed by atoms with Gasteiger partial charge in [0.15, 0.2) is 0 Å². The first-order valence-corrected chi connectivity index (χ1v) is 7.11. The van der Waals surface area contributed by atoms with Crippen molar-refractivity contribution in [3.05, 3.63) is 0 Å². The smallest absolute Gasteiger partial charge is 0.317 e. The molecule has 0 radical (unpaired) electrons. The summed E-state index contributed by atoms with van der Waals surface area (Å²) in [7, 11) is 0. The molecule has 0 bridgehead atoms. The van der Waals surface area contributed by atoms with Gasteiger partial charge < -0.3 is 15.3 Å². The number of likely N-dealkylation sites (tertiary alicyclic amines) is 1. The quantitative estimate of drug-likeness (QED) is 0.805. The van der Waals surface area contributed by atoms with Crippen molar-refractivity contribution in [1.29, 1.82) is 0 Å². The van der Waals surface area contributed by atoms with Crippen molar-refractivity contribution in [2.24, 2.45) is 11.3 Å². The number of hydrogen-bond donors (Lipinski definition) is 2. The van der Waals surface area contributed by atoms with E-state index in [4.69, 9.17) is 0 Å². The lowest BCUT2D eigenvalue weighted by Gasteiger charge is -2.26. The number of carboxylic acids is 1. The van der Waals surface area contributed by atoms with E-state index in [0.717, 1.165) is 6.42 Å². The Morgan fingerprint density at radius 2 is 2.00 bits per heavy atom. The summed E-state index contributed by atoms with van der Waals surface area (Å²) in [6.45, 7) is 8.90. The number of carbonyl (C=O) groups excluding carboxylic acids is 1. The molecule has 2 atom stereocenters. The number of aliphatic carboxylic acids is 1. The first-order chi connectivity index (χ1) is 8.82. The maximum atomic E-state index is 12.1. The monoisotopic (exact) mass is 270 g/mol. The highest BCUT2D eigenvalue weighted by atomic mass is 16.4. The SMILES string of the molecule is CCCC1(C(=O)O)CCN(C(=O)NC(C)C(C)C)C1. The average molecular weight is 270 g/mol. The second-order valence-electron chi connectivity index (χ2n) is 5.99. The van der Waals surface area contributed by atoms with Gasteiger partial charge in [0.1, 0.15) is 0 Å². The summed E-state index contributed by atoms with van der Waals surface area (Å²) < 4.78 is 0. The largest absolute Gasteiger partial charge is 0.481 e. The van der Waals surface area contributed by atoms with Crippen molar-refractivity contribution in [3.8, 4) is 0 Å². The Labute approximate surface area is 115 Å². The number of nitrogens with zero attached hydrogens (tertiary/aromatic N) is 1. The lowest BCUT2D eigenvalue weighted by molar-refractivity contribution is -0.148. The van der Waals surface area contributed by atoms with Crippen molar-refractivity contribution in [3.63, 3.8) is 0 Å². The molecule has 5 heteroatoms. The molecule has 0 aromatic carbocycles. The standard InChI is InChI=1S/C14H26N2O3/c1-5-6-14(12(17)18)7-8-16(9-14)13(19)15-11(4)10(2)3/h10-11H,5-9H2,1-4H3,(H,15,19)(H,17,18). The van der Waals surface area contributed by atoms with Crippen LogP contribution in [0, 0.1) is 11.3 Å². The first kappa shape index (κ1) is 15.8. The Balaban J connectivity index is 2.64. The number of carboxylic acid groups (broad SMARTS) is 1. The predicted octanol–water partition coefficient (Wildman–Crippen LogP) is 2.32. The molecule has 110 valence electrons. The predicted molar refractivity (Wildman–Crippen MR) is 74.0 cm³/mol. The van der Waals surface area contributed by atoms with Gasteiger partial charge in [-0.3, -0.25) is 4.79 Å². The van der Waals surface area contributed by atoms with Gasteiger partial charge in [0.05, 0.1) is 5.41 Å². The summed E-state index contributed by atoms with van der Waals surface area (Å²) in [6.07, 6.45) is 2.01. The van der Waals surface area contributed by atoms with Crippen LogP contribution in [0.4, 0.5) is 4.79 Å². The summed E-state index contributed by atoms with van der Waals surface area (Å²) in [5.74, 6) is -0.409. The second-order valence-corrected chi connectivity index (χ2v) is 5.99. The van der Waals surface area contributed by atoms with Crippen LogP contribution >= 0.6 is 0 Å². The fraction of sp³-hybridized carbons (Fsp3) is 0.857. The van der Waals surface area contributed by atoms with Crippen LogP contribution in [0.5, 0.6) is 0 Å². The molecule has 0 saturated carbocycles. The highest BCUT2D eigenvalue weighted by Crippen LogP contribution is 2.35. The molecule has 1 aliphatic rings. The van der Waals surface area contributed by atoms with Gasteiger partial charge in [-0.1, -0.05) is 27.2 Å². The third kappa shape index (κ3) is 3.61. The van der Waals surface area contributed by atoms with Gasteiger partial charge in [0.25, 0.3) is 0 Å². The van der Waals surface area contributed by atoms with Gasteiger partial charge in [-0.05, 0) is 25.7 Å². The van der Waals surface area contributed by atoms with Crippen LogP contribution < -0.4 is 5.32 Å². The molecule has 2 unspecified atom stereocenters. The second kappa shape index (κ2) is 6.26. The molecule has 5 nitrogen and oxygen atoms in total. The van der Waals surface area contributed by atoms with Crippen molar-refractivity contribution in [2.45, 2.75) is 53.0 Å². The van der Waals surface area contributed by atoms with Gasteiger partial charge in [0.2, 0.25) is 0 Å². The van der Waals surface area contributed by atoms with Crippen LogP contribution in [-0.2, 0) is 4.79 Å². The summed E-state index contributed by atoms with van der Waals surface area (Å²) in [5.41, 5.74) is -0.743. The molecule has 2 amide bonds. The van der Waals surface area contributed by atoms with Gasteiger partial charge in [0, 0.05) is 19.1 Å². The van der Waals surface area contributed by atoms with E-state index in [1.54, 1.807) is 4.90 Å². The number of nitrogens with one attached hydrogen (secondary N) is 1. The number of amides is 2. The molecule has 1 rings (SSSR count). The molecular formula is C14H26N2O3. The normalized spacial score (nSPS) is 24.6. The van der Waals surface area contributed by atoms with Crippen LogP contribution in [0.1, 0.15) is 47.0 Å². The third-order valence-corrected chi connectivity index (χ3v) is 4.17. The van der Waals surface area contributed by atoms with E-state index < -0.39 is 11.4 Å². The van der Waals surface area contributed by atoms with Crippen molar-refractivity contribution in [2.75, 3.05) is 13.1 Å². The maximum absolute atomic E-state index is 12.1. The van der Waals surface area contributed by atoms with Gasteiger partial charge in [-0.25, -0.2) is 4.79 Å². The zero-order valence-electron chi connectivity index (χ0n) is 12.4. The first-order valence-electron chi connectivity index (χ1n) is 7.11. The molecule has 1 fully saturated rings. The van der Waals surface area contributed by atoms with Crippen molar-refractivity contribution < 1.29 is 14.7 Å². The molecule has 0 aromatic heterocycles. The van der Waals surface area contributed by atoms with E-state index >= 15 is 0 Å². The number of urea groups is 1. The molecule has 0 spiro atoms. The van der Waals surface area contributed by atoms with E-state index in [0.29, 0.717) is 31.8 Å². The Morgan fingerprint density at radius 1 is 1.37 bits per heavy atom. The van der Waals surface area contributed by atoms with E-state index in [-0.39, 0.29) is 12.1 Å². The highest BCUT2D eigenvalue weighted by molar-refractivity contribution is 5.79. The summed E-state index contributed by atoms with van der Waals surface area (Å²) in [5, 5.41) is 12.3. The summed E-state index contributed by atoms with van der Waals surface area (Å²) in [6, 6.07) is -0.0427. The molecule has 2 N–H and O–H groups in total. The van der Waals surface area contributed by atoms with Crippen molar-refractivity contribution in [1.82, 2.24) is 10.2 Å². The average Bonchev–Trinajstić information content (AvgIpc) is 2.75. The third-order valence-electron chi connectivity index (χ3n) is 4.17. The molecule has 1 aliphatic heterocycles. The van der Waals surface area contributed by atoms with E-state index in [1.165, 1.54) is 0 Å². The van der Waals surface area contributed by atoms with Crippen LogP contribution in [-0.4, -0.2) is 41.1 Å². The molecular weight excluding hydrogens is 244 g/mol. The van der Waals surface area contributed by atoms with E-state index in [1.807, 2.05) is 27.7 Å². The molecule has 0 aliphatic carbocycles. The van der Waals surface area contributed by atoms with Crippen molar-refractivity contribution >= 4 is 12.0 Å². The summed E-state index contributed by atoms with van der Waals surface area (Å²) in [4.78, 5) is 25.2. The molecule has 0 aromatic rings. The zero-order valence-corrected chi connectivity index (χ0v) is 12.4. The minimum absolute atomic E-state index is 0.0958. The zero-order chi connectivity index (χ0) is 14.6. The highest BCUT2D eigenvalue weighted by Gasteiger charge is 2.45. The van der Waals surface area contributed by atoms with Crippen LogP contribution in [0.15, 0.2) is 0 Å². The number of rotatable bonds is 5. The number of carbonyl (C=O) groups is 2. The Bertz CT molecular complexity index is 344. The van der Waals surface area contributed by atoms with Gasteiger partial charge in [-0.15, -0.1) is 0 Å². The van der Waals surface area contributed by atoms with Crippen LogP contribution in [0.25, 0.3) is 0 Å². The van der Waals surface area contributed by atoms with E-state index in [2.05, 4.69) is 5.32 Å². The topological polar surface area (TPSA) is 69.6 Å². The lowest BCUT2D eigenvalue weighted by atomic mass is 9.83. The molecule has 1 saturated heterocycles. The minimum Gasteiger partial charge on any atom is -0.481 e. The Morgan fingerprint density at radius 3 is 2.47 bits per heavy atom. The maximum Gasteiger partial charge on any atom is 0.317 e. The number of hydrogen-bond acceptors (Lipinski definition) is 2. The van der Waals surface area contributed by atoms with Gasteiger partial charge >= 0.3 is 12.0 Å². The van der Waals surface area contributed by atoms with Crippen LogP contribution in [0.2, 0.25) is 0 Å². The summed E-state index contributed by atoms with van der Waals surface area (Å²) >= 11 is 0. The van der Waals surface area contributed by atoms with Gasteiger partial charge in [-0.2, -0.15) is 0 Å². The van der Waals surface area contributed by atoms with Crippen LogP contribution in [0.3, 0.4) is 0 Å². The minimum atomic E-state index is -0.776. The Kier molecular flexibility index (Phi) is 5.20.